The van der Waals surface area contributed by atoms with Crippen LogP contribution in [0.3, 0.4) is 0 Å². The van der Waals surface area contributed by atoms with E-state index in [0.29, 0.717) is 28.9 Å². The van der Waals surface area contributed by atoms with Gasteiger partial charge in [0.05, 0.1) is 17.6 Å². The van der Waals surface area contributed by atoms with Gasteiger partial charge in [-0.2, -0.15) is 0 Å². The zero-order chi connectivity index (χ0) is 15.5. The van der Waals surface area contributed by atoms with Crippen LogP contribution < -0.4 is 15.7 Å². The van der Waals surface area contributed by atoms with Gasteiger partial charge in [0, 0.05) is 11.3 Å². The Bertz CT molecular complexity index is 862. The molecule has 22 heavy (non-hydrogen) atoms. The standard InChI is InChI=1S/C16H15N3O3/c1-2-22-12-6-4-11(5-7-12)17-15(20)10-3-8-13-14(9-10)19-16(21)18-13/h3-9H,2H2,1H3,(H,17,20)(H2,18,19,21). The van der Waals surface area contributed by atoms with Gasteiger partial charge in [0.25, 0.3) is 5.91 Å². The summed E-state index contributed by atoms with van der Waals surface area (Å²) in [5, 5.41) is 2.80. The summed E-state index contributed by atoms with van der Waals surface area (Å²) in [7, 11) is 0. The summed E-state index contributed by atoms with van der Waals surface area (Å²) in [5.74, 6) is 0.514. The van der Waals surface area contributed by atoms with Crippen LogP contribution >= 0.6 is 0 Å². The van der Waals surface area contributed by atoms with Crippen LogP contribution in [-0.2, 0) is 0 Å². The molecule has 6 nitrogen and oxygen atoms in total. The summed E-state index contributed by atoms with van der Waals surface area (Å²) in [6.45, 7) is 2.51. The lowest BCUT2D eigenvalue weighted by atomic mass is 10.2. The Labute approximate surface area is 126 Å². The van der Waals surface area contributed by atoms with Gasteiger partial charge in [0.2, 0.25) is 0 Å². The lowest BCUT2D eigenvalue weighted by Crippen LogP contribution is -2.11. The van der Waals surface area contributed by atoms with Crippen molar-refractivity contribution in [3.63, 3.8) is 0 Å². The quantitative estimate of drug-likeness (QED) is 0.691. The molecule has 0 radical (unpaired) electrons. The molecule has 0 aliphatic carbocycles. The molecule has 1 amide bonds. The van der Waals surface area contributed by atoms with Gasteiger partial charge in [-0.3, -0.25) is 4.79 Å². The maximum atomic E-state index is 12.2. The van der Waals surface area contributed by atoms with Crippen molar-refractivity contribution in [1.29, 1.82) is 0 Å². The average molecular weight is 297 g/mol. The predicted molar refractivity (Wildman–Crippen MR) is 84.5 cm³/mol. The van der Waals surface area contributed by atoms with Crippen LogP contribution in [0.2, 0.25) is 0 Å². The van der Waals surface area contributed by atoms with E-state index in [4.69, 9.17) is 4.74 Å². The molecule has 112 valence electrons. The van der Waals surface area contributed by atoms with Crippen molar-refractivity contribution in [3.8, 4) is 5.75 Å². The Kier molecular flexibility index (Phi) is 3.65. The highest BCUT2D eigenvalue weighted by Crippen LogP contribution is 2.17. The smallest absolute Gasteiger partial charge is 0.323 e. The third kappa shape index (κ3) is 2.85. The van der Waals surface area contributed by atoms with Crippen LogP contribution in [0, 0.1) is 0 Å². The maximum Gasteiger partial charge on any atom is 0.323 e. The van der Waals surface area contributed by atoms with Gasteiger partial charge >= 0.3 is 5.69 Å². The molecule has 0 spiro atoms. The van der Waals surface area contributed by atoms with E-state index in [-0.39, 0.29) is 11.6 Å². The highest BCUT2D eigenvalue weighted by atomic mass is 16.5. The van der Waals surface area contributed by atoms with Crippen molar-refractivity contribution in [1.82, 2.24) is 9.97 Å². The van der Waals surface area contributed by atoms with Crippen LogP contribution in [0.1, 0.15) is 17.3 Å². The lowest BCUT2D eigenvalue weighted by Gasteiger charge is -2.07. The van der Waals surface area contributed by atoms with Crippen LogP contribution in [0.25, 0.3) is 11.0 Å². The second-order valence-corrected chi connectivity index (χ2v) is 4.75. The number of carbonyl (C=O) groups is 1. The first-order chi connectivity index (χ1) is 10.7. The lowest BCUT2D eigenvalue weighted by molar-refractivity contribution is 0.102. The highest BCUT2D eigenvalue weighted by Gasteiger charge is 2.08. The van der Waals surface area contributed by atoms with Crippen LogP contribution in [0.5, 0.6) is 5.75 Å². The van der Waals surface area contributed by atoms with Crippen LogP contribution in [0.4, 0.5) is 5.69 Å². The number of H-pyrrole nitrogens is 2. The van der Waals surface area contributed by atoms with Gasteiger partial charge < -0.3 is 20.0 Å². The van der Waals surface area contributed by atoms with Crippen molar-refractivity contribution in [3.05, 3.63) is 58.5 Å². The number of nitrogens with one attached hydrogen (secondary N) is 3. The molecular formula is C16H15N3O3. The average Bonchev–Trinajstić information content (AvgIpc) is 2.88. The SMILES string of the molecule is CCOc1ccc(NC(=O)c2ccc3[nH]c(=O)[nH]c3c2)cc1. The predicted octanol–water partition coefficient (Wildman–Crippen LogP) is 2.51. The number of anilines is 1. The Morgan fingerprint density at radius 3 is 2.55 bits per heavy atom. The molecule has 0 saturated heterocycles. The highest BCUT2D eigenvalue weighted by molar-refractivity contribution is 6.05. The first kappa shape index (κ1) is 13.9. The fourth-order valence-electron chi connectivity index (χ4n) is 2.18. The van der Waals surface area contributed by atoms with E-state index in [1.54, 1.807) is 42.5 Å². The van der Waals surface area contributed by atoms with E-state index in [0.717, 1.165) is 5.75 Å². The minimum atomic E-state index is -0.293. The summed E-state index contributed by atoms with van der Waals surface area (Å²) < 4.78 is 5.35. The number of aromatic nitrogens is 2. The largest absolute Gasteiger partial charge is 0.494 e. The van der Waals surface area contributed by atoms with E-state index >= 15 is 0 Å². The fourth-order valence-corrected chi connectivity index (χ4v) is 2.18. The molecule has 3 aromatic rings. The van der Waals surface area contributed by atoms with Gasteiger partial charge in [-0.15, -0.1) is 0 Å². The third-order valence-electron chi connectivity index (χ3n) is 3.20. The minimum Gasteiger partial charge on any atom is -0.494 e. The first-order valence-electron chi connectivity index (χ1n) is 6.92. The Balaban J connectivity index is 1.78. The zero-order valence-electron chi connectivity index (χ0n) is 12.0. The molecule has 2 aromatic carbocycles. The van der Waals surface area contributed by atoms with Gasteiger partial charge in [-0.1, -0.05) is 0 Å². The number of carbonyl (C=O) groups excluding carboxylic acids is 1. The van der Waals surface area contributed by atoms with Gasteiger partial charge in [0.15, 0.2) is 0 Å². The van der Waals surface area contributed by atoms with Crippen molar-refractivity contribution >= 4 is 22.6 Å². The molecule has 1 aromatic heterocycles. The monoisotopic (exact) mass is 297 g/mol. The molecule has 0 unspecified atom stereocenters. The number of benzene rings is 2. The van der Waals surface area contributed by atoms with E-state index in [1.165, 1.54) is 0 Å². The van der Waals surface area contributed by atoms with E-state index in [1.807, 2.05) is 6.92 Å². The number of aromatic amines is 2. The van der Waals surface area contributed by atoms with Crippen LogP contribution in [0.15, 0.2) is 47.3 Å². The first-order valence-corrected chi connectivity index (χ1v) is 6.92. The summed E-state index contributed by atoms with van der Waals surface area (Å²) in [5.41, 5.74) is 2.12. The van der Waals surface area contributed by atoms with Gasteiger partial charge in [-0.05, 0) is 49.4 Å². The Morgan fingerprint density at radius 1 is 1.09 bits per heavy atom. The number of hydrogen-bond donors (Lipinski definition) is 3. The molecule has 3 N–H and O–H groups in total. The van der Waals surface area contributed by atoms with E-state index in [2.05, 4.69) is 15.3 Å². The molecule has 0 aliphatic rings. The summed E-state index contributed by atoms with van der Waals surface area (Å²) >= 11 is 0. The summed E-state index contributed by atoms with van der Waals surface area (Å²) in [4.78, 5) is 28.7. The second-order valence-electron chi connectivity index (χ2n) is 4.75. The second kappa shape index (κ2) is 5.77. The molecule has 0 aliphatic heterocycles. The molecule has 0 fully saturated rings. The van der Waals surface area contributed by atoms with Crippen molar-refractivity contribution < 1.29 is 9.53 Å². The molecular weight excluding hydrogens is 282 g/mol. The molecule has 6 heteroatoms. The number of ether oxygens (including phenoxy) is 1. The summed E-state index contributed by atoms with van der Waals surface area (Å²) in [6, 6.07) is 12.1. The van der Waals surface area contributed by atoms with Gasteiger partial charge in [0.1, 0.15) is 5.75 Å². The number of imidazole rings is 1. The van der Waals surface area contributed by atoms with Gasteiger partial charge in [-0.25, -0.2) is 4.79 Å². The number of fused-ring (bicyclic) bond motifs is 1. The van der Waals surface area contributed by atoms with E-state index < -0.39 is 0 Å². The zero-order valence-corrected chi connectivity index (χ0v) is 12.0. The number of amides is 1. The topological polar surface area (TPSA) is 87.0 Å². The van der Waals surface area contributed by atoms with Crippen molar-refractivity contribution in [2.24, 2.45) is 0 Å². The maximum absolute atomic E-state index is 12.2. The number of rotatable bonds is 4. The van der Waals surface area contributed by atoms with Crippen LogP contribution in [-0.4, -0.2) is 22.5 Å². The third-order valence-corrected chi connectivity index (χ3v) is 3.20. The van der Waals surface area contributed by atoms with E-state index in [9.17, 15) is 9.59 Å². The van der Waals surface area contributed by atoms with Crippen molar-refractivity contribution in [2.45, 2.75) is 6.92 Å². The Hall–Kier alpha value is -3.02. The molecule has 3 rings (SSSR count). The minimum absolute atomic E-state index is 0.242. The fraction of sp³-hybridized carbons (Fsp3) is 0.125. The van der Waals surface area contributed by atoms with Crippen molar-refractivity contribution in [2.75, 3.05) is 11.9 Å². The number of hydrogen-bond acceptors (Lipinski definition) is 3. The Morgan fingerprint density at radius 2 is 1.82 bits per heavy atom. The molecule has 0 atom stereocenters. The molecule has 1 heterocycles. The normalized spacial score (nSPS) is 10.6. The molecule has 0 saturated carbocycles. The summed E-state index contributed by atoms with van der Waals surface area (Å²) in [6.07, 6.45) is 0. The molecule has 0 bridgehead atoms.